The van der Waals surface area contributed by atoms with Crippen LogP contribution in [0.25, 0.3) is 0 Å². The summed E-state index contributed by atoms with van der Waals surface area (Å²) in [5.74, 6) is 0.267. The number of hydrogen-bond acceptors (Lipinski definition) is 6. The summed E-state index contributed by atoms with van der Waals surface area (Å²) in [6, 6.07) is 12.3. The van der Waals surface area contributed by atoms with Crippen molar-refractivity contribution in [3.8, 4) is 11.5 Å². The minimum atomic E-state index is -3.93. The molecule has 0 amide bonds. The molecule has 0 spiro atoms. The maximum Gasteiger partial charge on any atom is 0.339 e. The Hall–Kier alpha value is -2.54. The Morgan fingerprint density at radius 1 is 1.10 bits per heavy atom. The number of rotatable bonds is 5. The first-order valence-electron chi connectivity index (χ1n) is 5.92. The number of ether oxygens (including phenoxy) is 1. The Labute approximate surface area is 122 Å². The fraction of sp³-hybridized carbons (Fsp3) is 0.0714. The van der Waals surface area contributed by atoms with Crippen molar-refractivity contribution in [2.45, 2.75) is 4.90 Å². The average Bonchev–Trinajstić information content (AvgIpc) is 2.50. The van der Waals surface area contributed by atoms with Crippen LogP contribution >= 0.6 is 0 Å². The molecule has 7 heteroatoms. The van der Waals surface area contributed by atoms with Crippen molar-refractivity contribution in [3.05, 3.63) is 54.1 Å². The highest BCUT2D eigenvalue weighted by molar-refractivity contribution is 7.87. The quantitative estimate of drug-likeness (QED) is 0.396. The summed E-state index contributed by atoms with van der Waals surface area (Å²) in [5, 5.41) is 11.4. The molecular weight excluding hydrogens is 294 g/mol. The van der Waals surface area contributed by atoms with Gasteiger partial charge in [-0.15, -0.1) is 0 Å². The fourth-order valence-corrected chi connectivity index (χ4v) is 2.61. The van der Waals surface area contributed by atoms with Crippen molar-refractivity contribution >= 4 is 16.3 Å². The lowest BCUT2D eigenvalue weighted by atomic mass is 10.2. The van der Waals surface area contributed by atoms with Crippen molar-refractivity contribution in [2.75, 3.05) is 7.11 Å². The normalized spacial score (nSPS) is 11.5. The third-order valence-electron chi connectivity index (χ3n) is 2.63. The molecule has 21 heavy (non-hydrogen) atoms. The van der Waals surface area contributed by atoms with Gasteiger partial charge in [0.1, 0.15) is 4.90 Å². The first-order chi connectivity index (χ1) is 10.1. The van der Waals surface area contributed by atoms with Crippen LogP contribution in [0.2, 0.25) is 0 Å². The lowest BCUT2D eigenvalue weighted by molar-refractivity contribution is 0.322. The van der Waals surface area contributed by atoms with E-state index in [-0.39, 0.29) is 16.4 Å². The SMILES string of the molecule is COc1cc(/C=N\O)ccc1OS(=O)(=O)c1ccccc1. The molecular formula is C14H13NO5S. The van der Waals surface area contributed by atoms with Crippen molar-refractivity contribution in [3.63, 3.8) is 0 Å². The van der Waals surface area contributed by atoms with Crippen LogP contribution in [0.15, 0.2) is 58.6 Å². The monoisotopic (exact) mass is 307 g/mol. The minimum Gasteiger partial charge on any atom is -0.493 e. The third kappa shape index (κ3) is 3.51. The summed E-state index contributed by atoms with van der Waals surface area (Å²) in [4.78, 5) is 0.0491. The Morgan fingerprint density at radius 3 is 2.43 bits per heavy atom. The molecule has 0 heterocycles. The molecule has 0 atom stereocenters. The summed E-state index contributed by atoms with van der Waals surface area (Å²) in [5.41, 5.74) is 0.541. The Balaban J connectivity index is 2.35. The largest absolute Gasteiger partial charge is 0.493 e. The highest BCUT2D eigenvalue weighted by atomic mass is 32.2. The zero-order valence-electron chi connectivity index (χ0n) is 11.1. The number of hydrogen-bond donors (Lipinski definition) is 1. The first kappa shape index (κ1) is 14.9. The van der Waals surface area contributed by atoms with E-state index in [4.69, 9.17) is 14.1 Å². The standard InChI is InChI=1S/C14H13NO5S/c1-19-14-9-11(10-15-16)7-8-13(14)20-21(17,18)12-5-3-2-4-6-12/h2-10,16H,1H3/b15-10-. The van der Waals surface area contributed by atoms with Gasteiger partial charge in [-0.1, -0.05) is 23.4 Å². The molecule has 0 fully saturated rings. The predicted octanol–water partition coefficient (Wildman–Crippen LogP) is 2.27. The summed E-state index contributed by atoms with van der Waals surface area (Å²) >= 11 is 0. The van der Waals surface area contributed by atoms with Gasteiger partial charge in [0.15, 0.2) is 11.5 Å². The molecule has 0 unspecified atom stereocenters. The van der Waals surface area contributed by atoms with Gasteiger partial charge in [-0.25, -0.2) is 0 Å². The highest BCUT2D eigenvalue weighted by Gasteiger charge is 2.18. The average molecular weight is 307 g/mol. The van der Waals surface area contributed by atoms with E-state index in [1.54, 1.807) is 18.2 Å². The van der Waals surface area contributed by atoms with Crippen LogP contribution in [-0.4, -0.2) is 26.9 Å². The second-order valence-corrected chi connectivity index (χ2v) is 5.55. The van der Waals surface area contributed by atoms with E-state index < -0.39 is 10.1 Å². The van der Waals surface area contributed by atoms with Crippen LogP contribution in [0.3, 0.4) is 0 Å². The predicted molar refractivity (Wildman–Crippen MR) is 76.6 cm³/mol. The molecule has 2 aromatic carbocycles. The molecule has 110 valence electrons. The molecule has 0 radical (unpaired) electrons. The molecule has 0 aliphatic rings. The van der Waals surface area contributed by atoms with Crippen molar-refractivity contribution in [1.82, 2.24) is 0 Å². The lowest BCUT2D eigenvalue weighted by Gasteiger charge is -2.11. The van der Waals surface area contributed by atoms with E-state index in [0.717, 1.165) is 0 Å². The summed E-state index contributed by atoms with van der Waals surface area (Å²) in [6.07, 6.45) is 1.19. The molecule has 2 rings (SSSR count). The maximum absolute atomic E-state index is 12.1. The van der Waals surface area contributed by atoms with Gasteiger partial charge in [0.05, 0.1) is 13.3 Å². The highest BCUT2D eigenvalue weighted by Crippen LogP contribution is 2.30. The second kappa shape index (κ2) is 6.27. The van der Waals surface area contributed by atoms with E-state index in [2.05, 4.69) is 5.16 Å². The number of methoxy groups -OCH3 is 1. The third-order valence-corrected chi connectivity index (χ3v) is 3.87. The topological polar surface area (TPSA) is 85.2 Å². The molecule has 0 aliphatic carbocycles. The van der Waals surface area contributed by atoms with Crippen LogP contribution in [0, 0.1) is 0 Å². The van der Waals surface area contributed by atoms with Crippen LogP contribution in [-0.2, 0) is 10.1 Å². The van der Waals surface area contributed by atoms with Gasteiger partial charge >= 0.3 is 10.1 Å². The summed E-state index contributed by atoms with van der Waals surface area (Å²) < 4.78 is 34.4. The Morgan fingerprint density at radius 2 is 1.81 bits per heavy atom. The van der Waals surface area contributed by atoms with Gasteiger partial charge in [0.25, 0.3) is 0 Å². The van der Waals surface area contributed by atoms with E-state index in [9.17, 15) is 8.42 Å². The number of nitrogens with zero attached hydrogens (tertiary/aromatic N) is 1. The molecule has 0 saturated carbocycles. The van der Waals surface area contributed by atoms with Gasteiger partial charge in [0.2, 0.25) is 0 Å². The zero-order chi connectivity index (χ0) is 15.3. The van der Waals surface area contributed by atoms with E-state index in [0.29, 0.717) is 5.56 Å². The smallest absolute Gasteiger partial charge is 0.339 e. The molecule has 0 aliphatic heterocycles. The number of oxime groups is 1. The Bertz CT molecular complexity index is 741. The second-order valence-electron chi connectivity index (χ2n) is 4.01. The van der Waals surface area contributed by atoms with Crippen LogP contribution in [0.1, 0.15) is 5.56 Å². The van der Waals surface area contributed by atoms with Crippen molar-refractivity contribution < 1.29 is 22.5 Å². The van der Waals surface area contributed by atoms with Gasteiger partial charge in [-0.2, -0.15) is 8.42 Å². The van der Waals surface area contributed by atoms with Crippen LogP contribution in [0.4, 0.5) is 0 Å². The van der Waals surface area contributed by atoms with Crippen molar-refractivity contribution in [1.29, 1.82) is 0 Å². The van der Waals surface area contributed by atoms with E-state index in [1.807, 2.05) is 0 Å². The molecule has 2 aromatic rings. The molecule has 0 saturated heterocycles. The van der Waals surface area contributed by atoms with Crippen molar-refractivity contribution in [2.24, 2.45) is 5.16 Å². The molecule has 0 bridgehead atoms. The van der Waals surface area contributed by atoms with E-state index in [1.165, 1.54) is 43.7 Å². The van der Waals surface area contributed by atoms with Crippen LogP contribution in [0.5, 0.6) is 11.5 Å². The maximum atomic E-state index is 12.1. The Kier molecular flexibility index (Phi) is 4.44. The summed E-state index contributed by atoms with van der Waals surface area (Å²) in [7, 11) is -2.55. The minimum absolute atomic E-state index is 0.0491. The summed E-state index contributed by atoms with van der Waals surface area (Å²) in [6.45, 7) is 0. The van der Waals surface area contributed by atoms with Gasteiger partial charge in [-0.3, -0.25) is 0 Å². The van der Waals surface area contributed by atoms with Gasteiger partial charge in [-0.05, 0) is 30.3 Å². The lowest BCUT2D eigenvalue weighted by Crippen LogP contribution is -2.10. The molecule has 6 nitrogen and oxygen atoms in total. The molecule has 1 N–H and O–H groups in total. The van der Waals surface area contributed by atoms with Gasteiger partial charge < -0.3 is 14.1 Å². The first-order valence-corrected chi connectivity index (χ1v) is 7.32. The van der Waals surface area contributed by atoms with Gasteiger partial charge in [0, 0.05) is 5.56 Å². The van der Waals surface area contributed by atoms with E-state index >= 15 is 0 Å². The molecule has 0 aromatic heterocycles. The fourth-order valence-electron chi connectivity index (χ4n) is 1.65. The number of benzene rings is 2. The zero-order valence-corrected chi connectivity index (χ0v) is 11.9. The van der Waals surface area contributed by atoms with Crippen LogP contribution < -0.4 is 8.92 Å².